The van der Waals surface area contributed by atoms with Crippen molar-refractivity contribution in [2.24, 2.45) is 0 Å². The van der Waals surface area contributed by atoms with Gasteiger partial charge in [-0.3, -0.25) is 4.79 Å². The van der Waals surface area contributed by atoms with Gasteiger partial charge in [-0.1, -0.05) is 15.9 Å². The summed E-state index contributed by atoms with van der Waals surface area (Å²) >= 11 is 2.71. The second kappa shape index (κ2) is 2.20. The zero-order chi connectivity index (χ0) is 4.28. The number of carboxylic acid groups (broad SMARTS) is 1. The third kappa shape index (κ3) is 3.95. The Balaban J connectivity index is 2.85. The molecular formula is C2H3BrO2. The standard InChI is InChI=1S/C2H3BrO2/c3-1-2(4)5/h1H2,(H,4,5)/i4+2. The Bertz CT molecular complexity index is 42.9. The minimum Gasteiger partial charge on any atom is -0.481 e. The maximum Gasteiger partial charge on any atom is 0.314 e. The summed E-state index contributed by atoms with van der Waals surface area (Å²) in [6.45, 7) is 0. The van der Waals surface area contributed by atoms with Crippen LogP contribution in [0.25, 0.3) is 0 Å². The van der Waals surface area contributed by atoms with Gasteiger partial charge in [0.25, 0.3) is 0 Å². The number of alkyl halides is 1. The van der Waals surface area contributed by atoms with Gasteiger partial charge in [0.05, 0.1) is 0 Å². The number of hydrogen-bond acceptors (Lipinski definition) is 1. The molecule has 2 nitrogen and oxygen atoms in total. The molecule has 0 aromatic carbocycles. The summed E-state index contributed by atoms with van der Waals surface area (Å²) in [5.74, 6) is -0.829. The molecule has 0 unspecified atom stereocenters. The Morgan fingerprint density at radius 3 is 2.20 bits per heavy atom. The molecule has 0 bridgehead atoms. The molecule has 0 aliphatic rings. The number of aliphatic carboxylic acids is 1. The normalized spacial score (nSPS) is 7.40. The zero-order valence-corrected chi connectivity index (χ0v) is 4.03. The van der Waals surface area contributed by atoms with E-state index in [1.165, 1.54) is 0 Å². The highest BCUT2D eigenvalue weighted by Gasteiger charge is 1.83. The molecule has 0 rings (SSSR count). The quantitative estimate of drug-likeness (QED) is 0.425. The lowest BCUT2D eigenvalue weighted by molar-refractivity contribution is -0.133. The summed E-state index contributed by atoms with van der Waals surface area (Å²) in [6.07, 6.45) is 0. The van der Waals surface area contributed by atoms with Crippen molar-refractivity contribution in [2.45, 2.75) is 0 Å². The molecule has 0 aromatic rings. The predicted molar refractivity (Wildman–Crippen MR) is 21.4 cm³/mol. The highest BCUT2D eigenvalue weighted by Crippen LogP contribution is 1.73. The summed E-state index contributed by atoms with van der Waals surface area (Å²) in [6, 6.07) is 0. The average molecular weight is 141 g/mol. The minimum atomic E-state index is -0.829. The van der Waals surface area contributed by atoms with Gasteiger partial charge >= 0.3 is 5.97 Å². The van der Waals surface area contributed by atoms with Crippen LogP contribution in [0.15, 0.2) is 0 Å². The Kier molecular flexibility index (Phi) is 2.18. The van der Waals surface area contributed by atoms with Crippen molar-refractivity contribution in [2.75, 3.05) is 5.33 Å². The lowest BCUT2D eigenvalue weighted by Gasteiger charge is -1.70. The van der Waals surface area contributed by atoms with Crippen molar-refractivity contribution in [3.05, 3.63) is 0 Å². The number of carboxylic acids is 1. The van der Waals surface area contributed by atoms with E-state index in [4.69, 9.17) is 5.11 Å². The molecule has 0 fully saturated rings. The maximum absolute atomic E-state index is 9.32. The highest BCUT2D eigenvalue weighted by molar-refractivity contribution is 9.09. The molecule has 0 aliphatic carbocycles. The summed E-state index contributed by atoms with van der Waals surface area (Å²) in [4.78, 5) is 9.32. The molecule has 0 saturated heterocycles. The Morgan fingerprint density at radius 2 is 2.20 bits per heavy atom. The smallest absolute Gasteiger partial charge is 0.314 e. The van der Waals surface area contributed by atoms with Crippen LogP contribution in [0, 0.1) is 0 Å². The number of carbonyl (C=O) groups is 1. The average Bonchev–Trinajstić information content (AvgIpc) is 1.38. The van der Waals surface area contributed by atoms with E-state index in [1.807, 2.05) is 0 Å². The Hall–Kier alpha value is -0.0500. The monoisotopic (exact) mass is 140 g/mol. The summed E-state index contributed by atoms with van der Waals surface area (Å²) in [7, 11) is 0. The van der Waals surface area contributed by atoms with E-state index in [1.54, 1.807) is 0 Å². The highest BCUT2D eigenvalue weighted by atomic mass is 79.9. The van der Waals surface area contributed by atoms with Gasteiger partial charge in [0.15, 0.2) is 0 Å². The number of hydrogen-bond donors (Lipinski definition) is 1. The fourth-order valence-electron chi connectivity index (χ4n) is 0. The van der Waals surface area contributed by atoms with Crippen LogP contribution in [0.5, 0.6) is 0 Å². The van der Waals surface area contributed by atoms with Crippen molar-refractivity contribution >= 4 is 21.9 Å². The van der Waals surface area contributed by atoms with Gasteiger partial charge in [-0.25, -0.2) is 0 Å². The van der Waals surface area contributed by atoms with Crippen molar-refractivity contribution in [1.82, 2.24) is 0 Å². The first-order chi connectivity index (χ1) is 2.27. The van der Waals surface area contributed by atoms with Crippen LogP contribution in [0.3, 0.4) is 0 Å². The maximum atomic E-state index is 9.32. The molecule has 0 saturated carbocycles. The van der Waals surface area contributed by atoms with Gasteiger partial charge < -0.3 is 5.11 Å². The number of rotatable bonds is 1. The van der Waals surface area contributed by atoms with Crippen LogP contribution < -0.4 is 0 Å². The van der Waals surface area contributed by atoms with Gasteiger partial charge in [-0.05, 0) is 0 Å². The minimum absolute atomic E-state index is 0.0347. The van der Waals surface area contributed by atoms with Crippen molar-refractivity contribution < 1.29 is 9.90 Å². The first kappa shape index (κ1) is 4.95. The first-order valence-corrected chi connectivity index (χ1v) is 2.17. The molecule has 5 heavy (non-hydrogen) atoms. The van der Waals surface area contributed by atoms with Crippen molar-refractivity contribution in [1.29, 1.82) is 0 Å². The van der Waals surface area contributed by atoms with Gasteiger partial charge in [0.1, 0.15) is 5.33 Å². The van der Waals surface area contributed by atoms with Gasteiger partial charge in [0, 0.05) is 0 Å². The first-order valence-electron chi connectivity index (χ1n) is 1.05. The van der Waals surface area contributed by atoms with Crippen LogP contribution in [0.4, 0.5) is 0 Å². The summed E-state index contributed by atoms with van der Waals surface area (Å²) in [5, 5.41) is 7.71. The molecule has 30 valence electrons. The fraction of sp³-hybridized carbons (Fsp3) is 0.500. The second-order valence-corrected chi connectivity index (χ2v) is 1.09. The number of halogens is 1. The molecule has 0 radical (unpaired) electrons. The Morgan fingerprint density at radius 1 is 2.00 bits per heavy atom. The lowest BCUT2D eigenvalue weighted by Crippen LogP contribution is -1.92. The predicted octanol–water partition coefficient (Wildman–Crippen LogP) is 0.466. The SMILES string of the molecule is OC(=[18O])CBr. The van der Waals surface area contributed by atoms with E-state index in [0.717, 1.165) is 0 Å². The van der Waals surface area contributed by atoms with E-state index in [9.17, 15) is 4.79 Å². The second-order valence-electron chi connectivity index (χ2n) is 0.527. The molecule has 0 atom stereocenters. The molecule has 0 aromatic heterocycles. The summed E-state index contributed by atoms with van der Waals surface area (Å²) in [5.41, 5.74) is 0. The van der Waals surface area contributed by atoms with Crippen molar-refractivity contribution in [3.63, 3.8) is 0 Å². The molecule has 3 heteroatoms. The van der Waals surface area contributed by atoms with Crippen LogP contribution in [0.2, 0.25) is 0 Å². The van der Waals surface area contributed by atoms with E-state index in [0.29, 0.717) is 0 Å². The third-order valence-electron chi connectivity index (χ3n) is 0.114. The molecular weight excluding hydrogens is 138 g/mol. The van der Waals surface area contributed by atoms with Crippen LogP contribution in [-0.2, 0) is 4.79 Å². The molecule has 0 heterocycles. The molecule has 0 aliphatic heterocycles. The Labute approximate surface area is 37.9 Å². The van der Waals surface area contributed by atoms with Crippen LogP contribution >= 0.6 is 15.9 Å². The van der Waals surface area contributed by atoms with E-state index >= 15 is 0 Å². The van der Waals surface area contributed by atoms with E-state index < -0.39 is 5.97 Å². The van der Waals surface area contributed by atoms with Gasteiger partial charge in [-0.2, -0.15) is 0 Å². The lowest BCUT2D eigenvalue weighted by atomic mass is 10.9. The molecule has 0 spiro atoms. The topological polar surface area (TPSA) is 37.3 Å². The van der Waals surface area contributed by atoms with E-state index in [-0.39, 0.29) is 5.33 Å². The van der Waals surface area contributed by atoms with Crippen LogP contribution in [0.1, 0.15) is 0 Å². The van der Waals surface area contributed by atoms with E-state index in [2.05, 4.69) is 15.9 Å². The van der Waals surface area contributed by atoms with Crippen LogP contribution in [-0.4, -0.2) is 16.4 Å². The van der Waals surface area contributed by atoms with Crippen molar-refractivity contribution in [3.8, 4) is 0 Å². The molecule has 0 amide bonds. The van der Waals surface area contributed by atoms with Gasteiger partial charge in [0.2, 0.25) is 0 Å². The van der Waals surface area contributed by atoms with Gasteiger partial charge in [-0.15, -0.1) is 0 Å². The largest absolute Gasteiger partial charge is 0.481 e. The third-order valence-corrected chi connectivity index (χ3v) is 0.594. The fourth-order valence-corrected chi connectivity index (χ4v) is 0. The summed E-state index contributed by atoms with van der Waals surface area (Å²) < 4.78 is 0. The zero-order valence-electron chi connectivity index (χ0n) is 2.44. The molecule has 1 N–H and O–H groups in total.